The molecule has 0 saturated carbocycles. The summed E-state index contributed by atoms with van der Waals surface area (Å²) in [6.07, 6.45) is 5.92. The highest BCUT2D eigenvalue weighted by atomic mass is 19.1. The third-order valence-electron chi connectivity index (χ3n) is 5.37. The summed E-state index contributed by atoms with van der Waals surface area (Å²) in [6.45, 7) is 0.892. The van der Waals surface area contributed by atoms with E-state index in [0.29, 0.717) is 41.2 Å². The van der Waals surface area contributed by atoms with E-state index in [-0.39, 0.29) is 30.6 Å². The minimum absolute atomic E-state index is 0.0748. The van der Waals surface area contributed by atoms with E-state index < -0.39 is 0 Å². The number of hydrogen-bond donors (Lipinski definition) is 1. The second kappa shape index (κ2) is 9.18. The molecule has 1 amide bonds. The number of amides is 1. The molecule has 10 heteroatoms. The second-order valence-corrected chi connectivity index (χ2v) is 7.61. The highest BCUT2D eigenvalue weighted by Crippen LogP contribution is 2.32. The maximum Gasteiger partial charge on any atom is 0.264 e. The molecule has 0 aliphatic carbocycles. The van der Waals surface area contributed by atoms with Gasteiger partial charge in [-0.2, -0.15) is 5.10 Å². The number of carbonyl (C=O) groups is 1. The molecule has 172 valence electrons. The summed E-state index contributed by atoms with van der Waals surface area (Å²) < 4.78 is 27.4. The monoisotopic (exact) mass is 461 g/mol. The third kappa shape index (κ3) is 4.38. The van der Waals surface area contributed by atoms with Gasteiger partial charge in [-0.05, 0) is 29.8 Å². The first kappa shape index (κ1) is 21.4. The van der Waals surface area contributed by atoms with E-state index in [1.165, 1.54) is 29.2 Å². The Balaban J connectivity index is 1.20. The lowest BCUT2D eigenvalue weighted by Crippen LogP contribution is -2.26. The van der Waals surface area contributed by atoms with Gasteiger partial charge in [-0.3, -0.25) is 14.2 Å². The van der Waals surface area contributed by atoms with Gasteiger partial charge in [0.2, 0.25) is 12.7 Å². The predicted molar refractivity (Wildman–Crippen MR) is 122 cm³/mol. The van der Waals surface area contributed by atoms with Crippen LogP contribution in [0, 0.1) is 5.82 Å². The third-order valence-corrected chi connectivity index (χ3v) is 5.37. The number of nitrogens with zero attached hydrogens (tertiary/aromatic N) is 4. The van der Waals surface area contributed by atoms with Crippen LogP contribution in [0.25, 0.3) is 17.1 Å². The number of aromatic nitrogens is 4. The molecule has 4 aromatic rings. The fourth-order valence-electron chi connectivity index (χ4n) is 3.62. The number of nitrogens with one attached hydrogen (secondary N) is 1. The van der Waals surface area contributed by atoms with Crippen LogP contribution in [-0.2, 0) is 17.9 Å². The van der Waals surface area contributed by atoms with E-state index in [9.17, 15) is 14.0 Å². The molecule has 0 fully saturated rings. The quantitative estimate of drug-likeness (QED) is 0.424. The molecule has 0 radical (unpaired) electrons. The van der Waals surface area contributed by atoms with Crippen molar-refractivity contribution in [1.29, 1.82) is 0 Å². The predicted octanol–water partition coefficient (Wildman–Crippen LogP) is 2.34. The molecule has 0 unspecified atom stereocenters. The molecule has 0 bridgehead atoms. The van der Waals surface area contributed by atoms with Crippen molar-refractivity contribution in [1.82, 2.24) is 24.6 Å². The van der Waals surface area contributed by atoms with Gasteiger partial charge in [-0.15, -0.1) is 0 Å². The number of rotatable bonds is 7. The SMILES string of the molecule is O=C(/C=C\c1ccc2c(c1)OCO2)NCCn1ncc2c(=O)n(Cc3ccccc3F)cnc21. The molecule has 34 heavy (non-hydrogen) atoms. The summed E-state index contributed by atoms with van der Waals surface area (Å²) in [6, 6.07) is 11.7. The highest BCUT2D eigenvalue weighted by Gasteiger charge is 2.13. The van der Waals surface area contributed by atoms with Crippen molar-refractivity contribution >= 4 is 23.0 Å². The highest BCUT2D eigenvalue weighted by molar-refractivity contribution is 5.91. The molecular formula is C24H20FN5O4. The lowest BCUT2D eigenvalue weighted by atomic mass is 10.2. The summed E-state index contributed by atoms with van der Waals surface area (Å²) in [7, 11) is 0. The molecule has 2 aromatic carbocycles. The second-order valence-electron chi connectivity index (χ2n) is 7.61. The largest absolute Gasteiger partial charge is 0.454 e. The Morgan fingerprint density at radius 1 is 1.18 bits per heavy atom. The molecule has 3 heterocycles. The van der Waals surface area contributed by atoms with Crippen molar-refractivity contribution in [3.63, 3.8) is 0 Å². The normalized spacial score (nSPS) is 12.5. The molecular weight excluding hydrogens is 441 g/mol. The van der Waals surface area contributed by atoms with Gasteiger partial charge in [0, 0.05) is 18.2 Å². The van der Waals surface area contributed by atoms with E-state index in [0.717, 1.165) is 5.56 Å². The van der Waals surface area contributed by atoms with Gasteiger partial charge in [0.05, 0.1) is 19.3 Å². The van der Waals surface area contributed by atoms with E-state index in [1.54, 1.807) is 41.1 Å². The van der Waals surface area contributed by atoms with Crippen LogP contribution in [0.5, 0.6) is 11.5 Å². The summed E-state index contributed by atoms with van der Waals surface area (Å²) in [5.74, 6) is 0.678. The first-order chi connectivity index (χ1) is 16.6. The number of fused-ring (bicyclic) bond motifs is 2. The number of halogens is 1. The first-order valence-electron chi connectivity index (χ1n) is 10.6. The Hall–Kier alpha value is -4.47. The van der Waals surface area contributed by atoms with Crippen molar-refractivity contribution < 1.29 is 18.7 Å². The van der Waals surface area contributed by atoms with Gasteiger partial charge in [0.25, 0.3) is 5.56 Å². The van der Waals surface area contributed by atoms with E-state index in [2.05, 4.69) is 15.4 Å². The van der Waals surface area contributed by atoms with Gasteiger partial charge in [-0.25, -0.2) is 14.1 Å². The molecule has 1 aliphatic rings. The smallest absolute Gasteiger partial charge is 0.264 e. The fourth-order valence-corrected chi connectivity index (χ4v) is 3.62. The van der Waals surface area contributed by atoms with Crippen LogP contribution in [0.1, 0.15) is 11.1 Å². The van der Waals surface area contributed by atoms with Gasteiger partial charge < -0.3 is 14.8 Å². The Kier molecular flexibility index (Phi) is 5.77. The van der Waals surface area contributed by atoms with Gasteiger partial charge >= 0.3 is 0 Å². The van der Waals surface area contributed by atoms with Crippen molar-refractivity contribution in [3.05, 3.63) is 88.4 Å². The van der Waals surface area contributed by atoms with Gasteiger partial charge in [-0.1, -0.05) is 24.3 Å². The molecule has 1 aliphatic heterocycles. The van der Waals surface area contributed by atoms with E-state index in [1.807, 2.05) is 6.07 Å². The molecule has 9 nitrogen and oxygen atoms in total. The Labute approximate surface area is 193 Å². The number of benzene rings is 2. The van der Waals surface area contributed by atoms with Crippen LogP contribution >= 0.6 is 0 Å². The van der Waals surface area contributed by atoms with Crippen LogP contribution in [-0.4, -0.2) is 38.6 Å². The topological polar surface area (TPSA) is 100 Å². The minimum Gasteiger partial charge on any atom is -0.454 e. The maximum absolute atomic E-state index is 13.9. The zero-order valence-electron chi connectivity index (χ0n) is 18.0. The van der Waals surface area contributed by atoms with Crippen LogP contribution in [0.3, 0.4) is 0 Å². The number of hydrogen-bond acceptors (Lipinski definition) is 6. The zero-order valence-corrected chi connectivity index (χ0v) is 18.0. The molecule has 2 aromatic heterocycles. The molecule has 0 atom stereocenters. The zero-order chi connectivity index (χ0) is 23.5. The lowest BCUT2D eigenvalue weighted by molar-refractivity contribution is -0.116. The van der Waals surface area contributed by atoms with E-state index in [4.69, 9.17) is 9.47 Å². The van der Waals surface area contributed by atoms with Crippen LogP contribution < -0.4 is 20.3 Å². The molecule has 5 rings (SSSR count). The van der Waals surface area contributed by atoms with Crippen molar-refractivity contribution in [2.75, 3.05) is 13.3 Å². The Morgan fingerprint density at radius 3 is 2.91 bits per heavy atom. The van der Waals surface area contributed by atoms with E-state index >= 15 is 0 Å². The number of carbonyl (C=O) groups excluding carboxylic acids is 1. The standard InChI is InChI=1S/C24H20FN5O4/c25-19-4-2-1-3-17(19)13-29-14-27-23-18(24(29)32)12-28-30(23)10-9-26-22(31)8-6-16-5-7-20-21(11-16)34-15-33-20/h1-8,11-12,14H,9-10,13,15H2,(H,26,31)/b8-6-. The summed E-state index contributed by atoms with van der Waals surface area (Å²) in [5.41, 5.74) is 1.30. The fraction of sp³-hybridized carbons (Fsp3) is 0.167. The van der Waals surface area contributed by atoms with Crippen molar-refractivity contribution in [2.45, 2.75) is 13.1 Å². The van der Waals surface area contributed by atoms with Gasteiger partial charge in [0.15, 0.2) is 17.1 Å². The van der Waals surface area contributed by atoms with Crippen molar-refractivity contribution in [2.24, 2.45) is 0 Å². The first-order valence-corrected chi connectivity index (χ1v) is 10.6. The van der Waals surface area contributed by atoms with Crippen LogP contribution in [0.4, 0.5) is 4.39 Å². The minimum atomic E-state index is -0.381. The number of ether oxygens (including phenoxy) is 2. The van der Waals surface area contributed by atoms with Crippen molar-refractivity contribution in [3.8, 4) is 11.5 Å². The molecule has 0 spiro atoms. The summed E-state index contributed by atoms with van der Waals surface area (Å²) in [5, 5.41) is 7.32. The molecule has 0 saturated heterocycles. The molecule has 1 N–H and O–H groups in total. The maximum atomic E-state index is 13.9. The van der Waals surface area contributed by atoms with Crippen LogP contribution in [0.2, 0.25) is 0 Å². The average Bonchev–Trinajstić information content (AvgIpc) is 3.48. The van der Waals surface area contributed by atoms with Crippen LogP contribution in [0.15, 0.2) is 65.9 Å². The average molecular weight is 461 g/mol. The lowest BCUT2D eigenvalue weighted by Gasteiger charge is -2.07. The summed E-state index contributed by atoms with van der Waals surface area (Å²) >= 11 is 0. The summed E-state index contributed by atoms with van der Waals surface area (Å²) in [4.78, 5) is 29.3. The Bertz CT molecular complexity index is 1460. The Morgan fingerprint density at radius 2 is 2.03 bits per heavy atom. The van der Waals surface area contributed by atoms with Gasteiger partial charge in [0.1, 0.15) is 17.5 Å².